The fraction of sp³-hybridized carbons (Fsp3) is 0.500. The van der Waals surface area contributed by atoms with Gasteiger partial charge in [-0.2, -0.15) is 0 Å². The van der Waals surface area contributed by atoms with Crippen LogP contribution in [0.5, 0.6) is 5.75 Å². The smallest absolute Gasteiger partial charge is 0.246 e. The van der Waals surface area contributed by atoms with Crippen LogP contribution in [0.1, 0.15) is 18.9 Å². The third-order valence-electron chi connectivity index (χ3n) is 4.23. The van der Waals surface area contributed by atoms with Gasteiger partial charge in [-0.15, -0.1) is 0 Å². The number of benzene rings is 1. The minimum absolute atomic E-state index is 0.000904. The summed E-state index contributed by atoms with van der Waals surface area (Å²) in [4.78, 5) is 14.2. The van der Waals surface area contributed by atoms with Crippen LogP contribution in [-0.4, -0.2) is 55.4 Å². The molecule has 1 aliphatic heterocycles. The molecule has 1 aromatic carbocycles. The molecule has 0 saturated carbocycles. The molecular formula is C18H25NO4. The number of rotatable bonds is 6. The summed E-state index contributed by atoms with van der Waals surface area (Å²) in [6.07, 6.45) is 2.98. The Balaban J connectivity index is 2.06. The van der Waals surface area contributed by atoms with E-state index in [4.69, 9.17) is 9.47 Å². The average molecular weight is 319 g/mol. The van der Waals surface area contributed by atoms with Crippen molar-refractivity contribution in [2.24, 2.45) is 0 Å². The minimum atomic E-state index is -0.164. The Hall–Kier alpha value is -1.85. The summed E-state index contributed by atoms with van der Waals surface area (Å²) in [5.41, 5.74) is 2.00. The van der Waals surface area contributed by atoms with Gasteiger partial charge in [-0.05, 0) is 31.4 Å². The number of aliphatic hydroxyl groups is 1. The van der Waals surface area contributed by atoms with E-state index in [1.54, 1.807) is 25.2 Å². The molecule has 0 bridgehead atoms. The molecule has 1 saturated heterocycles. The number of aliphatic hydroxyl groups excluding tert-OH is 1. The van der Waals surface area contributed by atoms with Crippen molar-refractivity contribution in [2.45, 2.75) is 31.9 Å². The van der Waals surface area contributed by atoms with Crippen LogP contribution in [0.4, 0.5) is 0 Å². The fourth-order valence-electron chi connectivity index (χ4n) is 2.98. The van der Waals surface area contributed by atoms with E-state index in [2.05, 4.69) is 0 Å². The molecule has 1 heterocycles. The highest BCUT2D eigenvalue weighted by molar-refractivity contribution is 5.88. The van der Waals surface area contributed by atoms with E-state index in [0.717, 1.165) is 16.9 Å². The van der Waals surface area contributed by atoms with Crippen LogP contribution in [-0.2, 0) is 16.0 Å². The molecule has 5 nitrogen and oxygen atoms in total. The van der Waals surface area contributed by atoms with Crippen LogP contribution in [0.3, 0.4) is 0 Å². The molecule has 23 heavy (non-hydrogen) atoms. The number of nitrogens with zero attached hydrogens (tertiary/aromatic N) is 1. The van der Waals surface area contributed by atoms with Gasteiger partial charge >= 0.3 is 0 Å². The lowest BCUT2D eigenvalue weighted by molar-refractivity contribution is -0.127. The number of amides is 1. The number of methoxy groups -OCH3 is 2. The molecule has 0 aromatic heterocycles. The summed E-state index contributed by atoms with van der Waals surface area (Å²) in [7, 11) is 3.28. The number of para-hydroxylation sites is 1. The van der Waals surface area contributed by atoms with E-state index in [1.165, 1.54) is 0 Å². The zero-order valence-corrected chi connectivity index (χ0v) is 14.0. The average Bonchev–Trinajstić information content (AvgIpc) is 2.98. The maximum Gasteiger partial charge on any atom is 0.246 e. The summed E-state index contributed by atoms with van der Waals surface area (Å²) in [5.74, 6) is 0.748. The van der Waals surface area contributed by atoms with Gasteiger partial charge in [0.25, 0.3) is 0 Å². The Labute approximate surface area is 137 Å². The van der Waals surface area contributed by atoms with Crippen molar-refractivity contribution in [3.63, 3.8) is 0 Å². The third kappa shape index (κ3) is 4.33. The van der Waals surface area contributed by atoms with E-state index in [-0.39, 0.29) is 24.7 Å². The van der Waals surface area contributed by atoms with E-state index >= 15 is 0 Å². The van der Waals surface area contributed by atoms with Crippen LogP contribution in [0, 0.1) is 0 Å². The molecule has 5 heteroatoms. The quantitative estimate of drug-likeness (QED) is 0.812. The predicted molar refractivity (Wildman–Crippen MR) is 88.5 cm³/mol. The van der Waals surface area contributed by atoms with Crippen LogP contribution in [0.15, 0.2) is 35.9 Å². The second-order valence-corrected chi connectivity index (χ2v) is 5.90. The zero-order chi connectivity index (χ0) is 16.8. The number of likely N-dealkylation sites (tertiary alicyclic amines) is 1. The molecule has 1 fully saturated rings. The van der Waals surface area contributed by atoms with Gasteiger partial charge in [-0.25, -0.2) is 0 Å². The normalized spacial score (nSPS) is 21.6. The Bertz CT molecular complexity index is 570. The van der Waals surface area contributed by atoms with Crippen LogP contribution >= 0.6 is 0 Å². The molecular weight excluding hydrogens is 294 g/mol. The first kappa shape index (κ1) is 17.5. The monoisotopic (exact) mass is 319 g/mol. The number of carbonyl (C=O) groups is 1. The van der Waals surface area contributed by atoms with Gasteiger partial charge in [0.15, 0.2) is 0 Å². The Kier molecular flexibility index (Phi) is 6.19. The van der Waals surface area contributed by atoms with Crippen molar-refractivity contribution in [1.82, 2.24) is 4.90 Å². The maximum atomic E-state index is 12.5. The van der Waals surface area contributed by atoms with Crippen molar-refractivity contribution >= 4 is 5.91 Å². The van der Waals surface area contributed by atoms with E-state index in [9.17, 15) is 9.90 Å². The number of allylic oxidation sites excluding steroid dienone is 1. The van der Waals surface area contributed by atoms with Gasteiger partial charge in [0.2, 0.25) is 5.91 Å². The lowest BCUT2D eigenvalue weighted by Gasteiger charge is -2.21. The summed E-state index contributed by atoms with van der Waals surface area (Å²) in [6.45, 7) is 2.42. The highest BCUT2D eigenvalue weighted by atomic mass is 16.5. The van der Waals surface area contributed by atoms with Crippen molar-refractivity contribution in [1.29, 1.82) is 0 Å². The molecule has 1 aliphatic rings. The lowest BCUT2D eigenvalue weighted by atomic mass is 10.0. The first-order chi connectivity index (χ1) is 11.1. The topological polar surface area (TPSA) is 59.0 Å². The van der Waals surface area contributed by atoms with Crippen molar-refractivity contribution in [2.75, 3.05) is 27.4 Å². The van der Waals surface area contributed by atoms with Crippen molar-refractivity contribution < 1.29 is 19.4 Å². The summed E-state index contributed by atoms with van der Waals surface area (Å²) in [5, 5.41) is 9.45. The SMILES string of the molecule is COc1ccccc1C/C(C)=C\C(=O)N1C[C@@H](OC)C[C@H]1CO. The first-order valence-electron chi connectivity index (χ1n) is 7.82. The molecule has 0 radical (unpaired) electrons. The van der Waals surface area contributed by atoms with Gasteiger partial charge in [0, 0.05) is 19.7 Å². The highest BCUT2D eigenvalue weighted by Crippen LogP contribution is 2.23. The lowest BCUT2D eigenvalue weighted by Crippen LogP contribution is -2.37. The molecule has 1 N–H and O–H groups in total. The molecule has 1 aromatic rings. The van der Waals surface area contributed by atoms with E-state index < -0.39 is 0 Å². The molecule has 0 unspecified atom stereocenters. The van der Waals surface area contributed by atoms with Crippen molar-refractivity contribution in [3.05, 3.63) is 41.5 Å². The zero-order valence-electron chi connectivity index (χ0n) is 14.0. The molecule has 126 valence electrons. The number of hydrogen-bond acceptors (Lipinski definition) is 4. The summed E-state index contributed by atoms with van der Waals surface area (Å²) < 4.78 is 10.7. The molecule has 2 atom stereocenters. The van der Waals surface area contributed by atoms with Crippen LogP contribution in [0.25, 0.3) is 0 Å². The number of ether oxygens (including phenoxy) is 2. The maximum absolute atomic E-state index is 12.5. The number of carbonyl (C=O) groups excluding carboxylic acids is 1. The molecule has 0 aliphatic carbocycles. The molecule has 1 amide bonds. The Morgan fingerprint density at radius 1 is 1.39 bits per heavy atom. The van der Waals surface area contributed by atoms with Gasteiger partial charge in [0.1, 0.15) is 5.75 Å². The van der Waals surface area contributed by atoms with Crippen LogP contribution in [0.2, 0.25) is 0 Å². The predicted octanol–water partition coefficient (Wildman–Crippen LogP) is 1.79. The third-order valence-corrected chi connectivity index (χ3v) is 4.23. The first-order valence-corrected chi connectivity index (χ1v) is 7.82. The standard InChI is InChI=1S/C18H25NO4/c1-13(8-14-6-4-5-7-17(14)23-3)9-18(21)19-11-16(22-2)10-15(19)12-20/h4-7,9,15-16,20H,8,10-12H2,1-3H3/b13-9-/t15-,16-/m0/s1. The van der Waals surface area contributed by atoms with Crippen molar-refractivity contribution in [3.8, 4) is 5.75 Å². The van der Waals surface area contributed by atoms with Crippen LogP contribution < -0.4 is 4.74 Å². The Morgan fingerprint density at radius 2 is 2.13 bits per heavy atom. The van der Waals surface area contributed by atoms with Gasteiger partial charge in [0.05, 0.1) is 25.9 Å². The second kappa shape index (κ2) is 8.13. The Morgan fingerprint density at radius 3 is 2.78 bits per heavy atom. The number of hydrogen-bond donors (Lipinski definition) is 1. The van der Waals surface area contributed by atoms with Gasteiger partial charge in [-0.1, -0.05) is 23.8 Å². The second-order valence-electron chi connectivity index (χ2n) is 5.90. The van der Waals surface area contributed by atoms with Gasteiger partial charge < -0.3 is 19.5 Å². The minimum Gasteiger partial charge on any atom is -0.496 e. The van der Waals surface area contributed by atoms with Gasteiger partial charge in [-0.3, -0.25) is 4.79 Å². The van der Waals surface area contributed by atoms with E-state index in [0.29, 0.717) is 19.4 Å². The molecule has 0 spiro atoms. The fourth-order valence-corrected chi connectivity index (χ4v) is 2.98. The molecule has 2 rings (SSSR count). The largest absolute Gasteiger partial charge is 0.496 e. The summed E-state index contributed by atoms with van der Waals surface area (Å²) in [6, 6.07) is 7.62. The highest BCUT2D eigenvalue weighted by Gasteiger charge is 2.33. The summed E-state index contributed by atoms with van der Waals surface area (Å²) >= 11 is 0. The van der Waals surface area contributed by atoms with E-state index in [1.807, 2.05) is 31.2 Å².